The van der Waals surface area contributed by atoms with Crippen LogP contribution < -0.4 is 20.1 Å². The zero-order valence-corrected chi connectivity index (χ0v) is 18.7. The van der Waals surface area contributed by atoms with Gasteiger partial charge in [-0.3, -0.25) is 10.1 Å². The van der Waals surface area contributed by atoms with Crippen molar-refractivity contribution in [2.24, 2.45) is 5.92 Å². The molecule has 2 N–H and O–H groups in total. The lowest BCUT2D eigenvalue weighted by Gasteiger charge is -2.20. The van der Waals surface area contributed by atoms with Crippen molar-refractivity contribution in [2.45, 2.75) is 38.3 Å². The third kappa shape index (κ3) is 3.86. The number of carbonyl (C=O) groups is 2. The zero-order chi connectivity index (χ0) is 24.3. The maximum atomic E-state index is 14.1. The predicted molar refractivity (Wildman–Crippen MR) is 122 cm³/mol. The molecule has 0 unspecified atom stereocenters. The van der Waals surface area contributed by atoms with Gasteiger partial charge in [-0.2, -0.15) is 0 Å². The minimum atomic E-state index is -0.565. The second-order valence-electron chi connectivity index (χ2n) is 9.13. The van der Waals surface area contributed by atoms with Gasteiger partial charge in [-0.05, 0) is 54.4 Å². The van der Waals surface area contributed by atoms with Crippen molar-refractivity contribution in [1.29, 1.82) is 0 Å². The number of aromatic nitrogens is 1. The van der Waals surface area contributed by atoms with E-state index in [9.17, 15) is 18.4 Å². The first-order chi connectivity index (χ1) is 16.9. The lowest BCUT2D eigenvalue weighted by atomic mass is 10.0. The monoisotopic (exact) mass is 477 g/mol. The van der Waals surface area contributed by atoms with Crippen molar-refractivity contribution in [3.63, 3.8) is 0 Å². The molecule has 6 rings (SSSR count). The number of carbonyl (C=O) groups excluding carboxylic acids is 2. The van der Waals surface area contributed by atoms with Crippen LogP contribution in [0.25, 0.3) is 0 Å². The van der Waals surface area contributed by atoms with Crippen LogP contribution in [-0.2, 0) is 17.8 Å². The fourth-order valence-corrected chi connectivity index (χ4v) is 4.92. The summed E-state index contributed by atoms with van der Waals surface area (Å²) in [4.78, 5) is 28.3. The molecule has 2 amide bonds. The first kappa shape index (κ1) is 21.5. The standard InChI is InChI=1S/C26H21F2N3O4/c1-12-6-20(28)13(8-19(12)27)7-14(32)9-17-23-16-10-15(2-3-21(16)35-24(17)23)34-22-4-5-29-25-18(22)11-30-26(33)31-25/h2-6,8,10,17,23-24H,7,9,11H2,1H3,(H2,29,30,31,33)/t17-,23-,24+/m0/s1. The highest BCUT2D eigenvalue weighted by atomic mass is 19.1. The molecule has 2 aromatic carbocycles. The summed E-state index contributed by atoms with van der Waals surface area (Å²) in [6.45, 7) is 1.79. The van der Waals surface area contributed by atoms with Gasteiger partial charge in [0.15, 0.2) is 0 Å². The van der Waals surface area contributed by atoms with Crippen LogP contribution in [0.4, 0.5) is 19.4 Å². The largest absolute Gasteiger partial charge is 0.489 e. The second-order valence-corrected chi connectivity index (χ2v) is 9.13. The summed E-state index contributed by atoms with van der Waals surface area (Å²) >= 11 is 0. The van der Waals surface area contributed by atoms with Crippen molar-refractivity contribution in [3.8, 4) is 17.2 Å². The molecule has 9 heteroatoms. The molecule has 0 bridgehead atoms. The molecule has 1 aromatic heterocycles. The number of ether oxygens (including phenoxy) is 2. The third-order valence-electron chi connectivity index (χ3n) is 6.78. The van der Waals surface area contributed by atoms with Gasteiger partial charge in [-0.1, -0.05) is 0 Å². The minimum Gasteiger partial charge on any atom is -0.489 e. The van der Waals surface area contributed by atoms with E-state index in [1.807, 2.05) is 12.1 Å². The predicted octanol–water partition coefficient (Wildman–Crippen LogP) is 4.77. The summed E-state index contributed by atoms with van der Waals surface area (Å²) in [6.07, 6.45) is 1.55. The fourth-order valence-electron chi connectivity index (χ4n) is 4.92. The molecule has 0 radical (unpaired) electrons. The van der Waals surface area contributed by atoms with E-state index >= 15 is 0 Å². The molecule has 7 nitrogen and oxygen atoms in total. The number of benzene rings is 2. The molecular weight excluding hydrogens is 456 g/mol. The first-order valence-electron chi connectivity index (χ1n) is 11.3. The van der Waals surface area contributed by atoms with Crippen molar-refractivity contribution < 1.29 is 27.8 Å². The summed E-state index contributed by atoms with van der Waals surface area (Å²) in [5.74, 6) is 1.22. The average Bonchev–Trinajstić information content (AvgIpc) is 3.33. The molecule has 1 aliphatic carbocycles. The van der Waals surface area contributed by atoms with Gasteiger partial charge >= 0.3 is 6.03 Å². The normalized spacial score (nSPS) is 21.1. The molecular formula is C26H21F2N3O4. The number of hydrogen-bond acceptors (Lipinski definition) is 5. The lowest BCUT2D eigenvalue weighted by molar-refractivity contribution is -0.119. The average molecular weight is 477 g/mol. The molecule has 35 heavy (non-hydrogen) atoms. The summed E-state index contributed by atoms with van der Waals surface area (Å²) in [6, 6.07) is 9.19. The van der Waals surface area contributed by atoms with E-state index < -0.39 is 11.6 Å². The zero-order valence-electron chi connectivity index (χ0n) is 18.7. The Bertz CT molecular complexity index is 1390. The molecule has 1 fully saturated rings. The summed E-state index contributed by atoms with van der Waals surface area (Å²) in [5.41, 5.74) is 2.00. The number of fused-ring (bicyclic) bond motifs is 4. The smallest absolute Gasteiger partial charge is 0.320 e. The van der Waals surface area contributed by atoms with Crippen LogP contribution in [0.1, 0.15) is 34.6 Å². The van der Waals surface area contributed by atoms with Gasteiger partial charge in [0, 0.05) is 36.4 Å². The van der Waals surface area contributed by atoms with Gasteiger partial charge in [0.25, 0.3) is 0 Å². The number of rotatable bonds is 6. The van der Waals surface area contributed by atoms with Crippen LogP contribution in [0.3, 0.4) is 0 Å². The third-order valence-corrected chi connectivity index (χ3v) is 6.78. The van der Waals surface area contributed by atoms with Crippen LogP contribution in [0.15, 0.2) is 42.6 Å². The Kier molecular flexibility index (Phi) is 4.94. The maximum absolute atomic E-state index is 14.1. The molecule has 0 saturated heterocycles. The Morgan fingerprint density at radius 2 is 2.06 bits per heavy atom. The van der Waals surface area contributed by atoms with E-state index in [0.717, 1.165) is 29.0 Å². The molecule has 178 valence electrons. The number of ketones is 1. The number of pyridine rings is 1. The topological polar surface area (TPSA) is 89.6 Å². The van der Waals surface area contributed by atoms with Crippen LogP contribution in [0, 0.1) is 24.5 Å². The summed E-state index contributed by atoms with van der Waals surface area (Å²) in [5, 5.41) is 5.36. The molecule has 2 aliphatic heterocycles. The van der Waals surface area contributed by atoms with Crippen molar-refractivity contribution in [3.05, 3.63) is 76.5 Å². The first-order valence-corrected chi connectivity index (χ1v) is 11.3. The van der Waals surface area contributed by atoms with E-state index in [1.54, 1.807) is 18.3 Å². The number of Topliss-reactive ketones (excluding diaryl/α,β-unsaturated/α-hetero) is 1. The van der Waals surface area contributed by atoms with Crippen LogP contribution in [0.2, 0.25) is 0 Å². The number of hydrogen-bond donors (Lipinski definition) is 2. The van der Waals surface area contributed by atoms with Gasteiger partial charge in [0.05, 0.1) is 12.1 Å². The number of aryl methyl sites for hydroxylation is 1. The SMILES string of the molecule is Cc1cc(F)c(CC(=O)C[C@@H]2[C@H]3Oc4ccc(Oc5ccnc6c5CNC(=O)N6)cc4[C@@H]23)cc1F. The molecule has 3 atom stereocenters. The van der Waals surface area contributed by atoms with E-state index in [0.29, 0.717) is 23.9 Å². The number of nitrogens with one attached hydrogen (secondary N) is 2. The summed E-state index contributed by atoms with van der Waals surface area (Å²) < 4.78 is 40.0. The van der Waals surface area contributed by atoms with E-state index in [4.69, 9.17) is 9.47 Å². The van der Waals surface area contributed by atoms with E-state index in [2.05, 4.69) is 15.6 Å². The van der Waals surface area contributed by atoms with E-state index in [1.165, 1.54) is 6.92 Å². The molecule has 3 aromatic rings. The molecule has 0 spiro atoms. The van der Waals surface area contributed by atoms with Crippen LogP contribution in [0.5, 0.6) is 17.2 Å². The van der Waals surface area contributed by atoms with Crippen molar-refractivity contribution >= 4 is 17.6 Å². The molecule has 3 heterocycles. The molecule has 3 aliphatic rings. The highest BCUT2D eigenvalue weighted by Crippen LogP contribution is 2.60. The number of amides is 2. The maximum Gasteiger partial charge on any atom is 0.320 e. The highest BCUT2D eigenvalue weighted by Gasteiger charge is 2.59. The van der Waals surface area contributed by atoms with Gasteiger partial charge in [-0.25, -0.2) is 18.6 Å². The van der Waals surface area contributed by atoms with Gasteiger partial charge in [-0.15, -0.1) is 0 Å². The second kappa shape index (κ2) is 8.04. The van der Waals surface area contributed by atoms with Crippen molar-refractivity contribution in [1.82, 2.24) is 10.3 Å². The Balaban J connectivity index is 1.15. The van der Waals surface area contributed by atoms with Gasteiger partial charge in [0.2, 0.25) is 0 Å². The van der Waals surface area contributed by atoms with E-state index in [-0.39, 0.29) is 53.7 Å². The Morgan fingerprint density at radius 1 is 1.20 bits per heavy atom. The summed E-state index contributed by atoms with van der Waals surface area (Å²) in [7, 11) is 0. The lowest BCUT2D eigenvalue weighted by Crippen LogP contribution is -2.34. The molecule has 1 saturated carbocycles. The van der Waals surface area contributed by atoms with Crippen LogP contribution in [-0.4, -0.2) is 22.9 Å². The number of anilines is 1. The van der Waals surface area contributed by atoms with Gasteiger partial charge < -0.3 is 14.8 Å². The Hall–Kier alpha value is -4.01. The Labute approximate surface area is 199 Å². The quantitative estimate of drug-likeness (QED) is 0.534. The highest BCUT2D eigenvalue weighted by molar-refractivity contribution is 5.91. The van der Waals surface area contributed by atoms with Crippen molar-refractivity contribution in [2.75, 3.05) is 5.32 Å². The minimum absolute atomic E-state index is 0.00305. The Morgan fingerprint density at radius 3 is 2.91 bits per heavy atom. The van der Waals surface area contributed by atoms with Crippen LogP contribution >= 0.6 is 0 Å². The fraction of sp³-hybridized carbons (Fsp3) is 0.269. The number of halogens is 2. The number of nitrogens with zero attached hydrogens (tertiary/aromatic N) is 1. The van der Waals surface area contributed by atoms with Gasteiger partial charge in [0.1, 0.15) is 46.6 Å². The number of urea groups is 1.